The van der Waals surface area contributed by atoms with Crippen molar-refractivity contribution in [1.29, 1.82) is 0 Å². The number of alkyl halides is 3. The predicted molar refractivity (Wildman–Crippen MR) is 102 cm³/mol. The summed E-state index contributed by atoms with van der Waals surface area (Å²) in [6.45, 7) is 1.66. The number of thiophene rings is 1. The molecule has 3 N–H and O–H groups in total. The van der Waals surface area contributed by atoms with Crippen molar-refractivity contribution < 1.29 is 37.4 Å². The van der Waals surface area contributed by atoms with Gasteiger partial charge in [-0.05, 0) is 36.8 Å². The number of carbonyl (C=O) groups excluding carboxylic acids is 1. The van der Waals surface area contributed by atoms with Gasteiger partial charge >= 0.3 is 12.1 Å². The Morgan fingerprint density at radius 1 is 1.07 bits per heavy atom. The molecule has 0 aliphatic heterocycles. The Hall–Kier alpha value is -3.40. The Labute approximate surface area is 171 Å². The molecule has 1 amide bonds. The van der Waals surface area contributed by atoms with Crippen molar-refractivity contribution in [2.75, 3.05) is 5.32 Å². The minimum absolute atomic E-state index is 0.00309. The van der Waals surface area contributed by atoms with Gasteiger partial charge in [-0.15, -0.1) is 11.3 Å². The molecule has 0 fully saturated rings. The monoisotopic (exact) mass is 439 g/mol. The molecule has 30 heavy (non-hydrogen) atoms. The summed E-state index contributed by atoms with van der Waals surface area (Å²) in [6.07, 6.45) is -4.74. The van der Waals surface area contributed by atoms with Gasteiger partial charge < -0.3 is 15.5 Å². The number of phenolic OH excluding ortho intramolecular Hbond substituents is 1. The van der Waals surface area contributed by atoms with Gasteiger partial charge in [0.2, 0.25) is 0 Å². The highest BCUT2D eigenvalue weighted by molar-refractivity contribution is 7.15. The van der Waals surface area contributed by atoms with Gasteiger partial charge in [0.15, 0.2) is 0 Å². The minimum Gasteiger partial charge on any atom is -0.507 e. The van der Waals surface area contributed by atoms with Gasteiger partial charge in [-0.25, -0.2) is 9.18 Å². The zero-order chi connectivity index (χ0) is 22.2. The normalized spacial score (nSPS) is 11.4. The fraction of sp³-hybridized carbons (Fsp3) is 0.100. The highest BCUT2D eigenvalue weighted by atomic mass is 32.1. The van der Waals surface area contributed by atoms with E-state index in [9.17, 15) is 37.4 Å². The summed E-state index contributed by atoms with van der Waals surface area (Å²) >= 11 is 0.768. The van der Waals surface area contributed by atoms with Crippen LogP contribution in [-0.2, 0) is 6.18 Å². The first-order chi connectivity index (χ1) is 14.0. The molecular weight excluding hydrogens is 426 g/mol. The number of halogens is 4. The van der Waals surface area contributed by atoms with Crippen LogP contribution in [0.3, 0.4) is 0 Å². The average molecular weight is 439 g/mol. The van der Waals surface area contributed by atoms with Crippen molar-refractivity contribution in [1.82, 2.24) is 0 Å². The second-order valence-corrected chi connectivity index (χ2v) is 7.21. The summed E-state index contributed by atoms with van der Waals surface area (Å²) in [5.74, 6) is -3.98. The number of carboxylic acid groups (broad SMARTS) is 1. The third-order valence-electron chi connectivity index (χ3n) is 4.22. The molecule has 0 aliphatic rings. The van der Waals surface area contributed by atoms with Crippen molar-refractivity contribution in [2.24, 2.45) is 0 Å². The molecule has 0 radical (unpaired) electrons. The standard InChI is InChI=1S/C20H13F4NO4S/c1-9-2-4-11(14(21)6-9)13-8-30-18(16(13)19(28)29)25-17(27)12-7-10(20(22,23)24)3-5-15(12)26/h2-8,26H,1H3,(H,25,27)(H,28,29). The molecule has 1 heterocycles. The van der Waals surface area contributed by atoms with Crippen LogP contribution in [0, 0.1) is 12.7 Å². The molecule has 1 aromatic heterocycles. The van der Waals surface area contributed by atoms with Crippen molar-refractivity contribution in [3.63, 3.8) is 0 Å². The van der Waals surface area contributed by atoms with Crippen LogP contribution in [0.15, 0.2) is 41.8 Å². The van der Waals surface area contributed by atoms with Crippen molar-refractivity contribution in [2.45, 2.75) is 13.1 Å². The molecule has 0 atom stereocenters. The van der Waals surface area contributed by atoms with Crippen molar-refractivity contribution in [3.05, 3.63) is 69.8 Å². The highest BCUT2D eigenvalue weighted by Gasteiger charge is 2.32. The largest absolute Gasteiger partial charge is 0.507 e. The quantitative estimate of drug-likeness (QED) is 0.466. The molecule has 5 nitrogen and oxygen atoms in total. The van der Waals surface area contributed by atoms with Gasteiger partial charge in [-0.2, -0.15) is 13.2 Å². The van der Waals surface area contributed by atoms with Gasteiger partial charge in [0.25, 0.3) is 5.91 Å². The van der Waals surface area contributed by atoms with E-state index in [0.29, 0.717) is 17.7 Å². The first-order valence-corrected chi connectivity index (χ1v) is 9.20. The van der Waals surface area contributed by atoms with E-state index in [-0.39, 0.29) is 16.1 Å². The number of rotatable bonds is 4. The van der Waals surface area contributed by atoms with Crippen LogP contribution >= 0.6 is 11.3 Å². The molecule has 156 valence electrons. The SMILES string of the molecule is Cc1ccc(-c2csc(NC(=O)c3cc(C(F)(F)F)ccc3O)c2C(=O)O)c(F)c1. The molecule has 0 saturated carbocycles. The fourth-order valence-electron chi connectivity index (χ4n) is 2.76. The Morgan fingerprint density at radius 2 is 1.77 bits per heavy atom. The maximum absolute atomic E-state index is 14.3. The maximum atomic E-state index is 14.3. The molecule has 0 saturated heterocycles. The molecule has 0 bridgehead atoms. The number of nitrogens with one attached hydrogen (secondary N) is 1. The lowest BCUT2D eigenvalue weighted by Gasteiger charge is -2.11. The number of phenols is 1. The number of aromatic hydroxyl groups is 1. The second kappa shape index (κ2) is 7.79. The van der Waals surface area contributed by atoms with E-state index in [1.165, 1.54) is 17.5 Å². The molecule has 3 aromatic rings. The van der Waals surface area contributed by atoms with Crippen LogP contribution in [0.1, 0.15) is 31.8 Å². The number of amides is 1. The number of aryl methyl sites for hydroxylation is 1. The molecule has 0 unspecified atom stereocenters. The van der Waals surface area contributed by atoms with Crippen LogP contribution in [0.5, 0.6) is 5.75 Å². The Bertz CT molecular complexity index is 1150. The Kier molecular flexibility index (Phi) is 5.53. The third kappa shape index (κ3) is 4.13. The van der Waals surface area contributed by atoms with E-state index in [0.717, 1.165) is 17.4 Å². The number of aromatic carboxylic acids is 1. The number of benzene rings is 2. The molecule has 3 rings (SSSR count). The molecule has 10 heteroatoms. The smallest absolute Gasteiger partial charge is 0.416 e. The highest BCUT2D eigenvalue weighted by Crippen LogP contribution is 2.38. The summed E-state index contributed by atoms with van der Waals surface area (Å²) in [5, 5.41) is 22.7. The summed E-state index contributed by atoms with van der Waals surface area (Å²) in [7, 11) is 0. The Morgan fingerprint density at radius 3 is 2.37 bits per heavy atom. The topological polar surface area (TPSA) is 86.6 Å². The van der Waals surface area contributed by atoms with Crippen LogP contribution in [0.4, 0.5) is 22.6 Å². The van der Waals surface area contributed by atoms with Gasteiger partial charge in [0.1, 0.15) is 22.1 Å². The first kappa shape index (κ1) is 21.3. The molecule has 2 aromatic carbocycles. The zero-order valence-corrected chi connectivity index (χ0v) is 16.0. The van der Waals surface area contributed by atoms with Crippen molar-refractivity contribution in [3.8, 4) is 16.9 Å². The summed E-state index contributed by atoms with van der Waals surface area (Å²) in [6, 6.07) is 5.98. The second-order valence-electron chi connectivity index (χ2n) is 6.33. The van der Waals surface area contributed by atoms with E-state index in [1.54, 1.807) is 13.0 Å². The minimum atomic E-state index is -4.74. The fourth-order valence-corrected chi connectivity index (χ4v) is 3.71. The number of carbonyl (C=O) groups is 2. The zero-order valence-electron chi connectivity index (χ0n) is 15.2. The summed E-state index contributed by atoms with van der Waals surface area (Å²) in [5.41, 5.74) is -1.63. The van der Waals surface area contributed by atoms with E-state index < -0.39 is 46.3 Å². The summed E-state index contributed by atoms with van der Waals surface area (Å²) in [4.78, 5) is 24.2. The first-order valence-electron chi connectivity index (χ1n) is 8.32. The van der Waals surface area contributed by atoms with Crippen LogP contribution in [-0.4, -0.2) is 22.1 Å². The average Bonchev–Trinajstić information content (AvgIpc) is 3.04. The van der Waals surface area contributed by atoms with Crippen molar-refractivity contribution >= 4 is 28.2 Å². The van der Waals surface area contributed by atoms with Crippen LogP contribution in [0.25, 0.3) is 11.1 Å². The molecule has 0 aliphatic carbocycles. The van der Waals surface area contributed by atoms with Gasteiger partial charge in [-0.1, -0.05) is 12.1 Å². The lowest BCUT2D eigenvalue weighted by atomic mass is 10.0. The van der Waals surface area contributed by atoms with E-state index in [2.05, 4.69) is 5.32 Å². The lowest BCUT2D eigenvalue weighted by Crippen LogP contribution is -2.15. The van der Waals surface area contributed by atoms with Crippen LogP contribution in [0.2, 0.25) is 0 Å². The van der Waals surface area contributed by atoms with Crippen LogP contribution < -0.4 is 5.32 Å². The maximum Gasteiger partial charge on any atom is 0.416 e. The molecular formula is C20H13F4NO4S. The van der Waals surface area contributed by atoms with Gasteiger partial charge in [0.05, 0.1) is 11.1 Å². The van der Waals surface area contributed by atoms with E-state index >= 15 is 0 Å². The number of carboxylic acids is 1. The van der Waals surface area contributed by atoms with Gasteiger partial charge in [-0.3, -0.25) is 4.79 Å². The van der Waals surface area contributed by atoms with Gasteiger partial charge in [0, 0.05) is 16.5 Å². The molecule has 0 spiro atoms. The van der Waals surface area contributed by atoms with E-state index in [1.807, 2.05) is 0 Å². The number of hydrogen-bond acceptors (Lipinski definition) is 4. The van der Waals surface area contributed by atoms with E-state index in [4.69, 9.17) is 0 Å². The lowest BCUT2D eigenvalue weighted by molar-refractivity contribution is -0.137. The number of anilines is 1. The Balaban J connectivity index is 2.01. The number of hydrogen-bond donors (Lipinski definition) is 3. The summed E-state index contributed by atoms with van der Waals surface area (Å²) < 4.78 is 53.0. The predicted octanol–water partition coefficient (Wildman–Crippen LogP) is 5.54. The third-order valence-corrected chi connectivity index (χ3v) is 5.11.